The molecule has 0 aliphatic rings. The zero-order valence-electron chi connectivity index (χ0n) is 9.66. The Labute approximate surface area is 102 Å². The number of aliphatic hydroxyl groups is 1. The average molecular weight is 238 g/mol. The molecule has 1 aromatic rings. The number of aryl methyl sites for hydroxylation is 1. The summed E-state index contributed by atoms with van der Waals surface area (Å²) in [6.07, 6.45) is 0.840. The van der Waals surface area contributed by atoms with Crippen molar-refractivity contribution < 1.29 is 5.11 Å². The molecule has 0 bridgehead atoms. The number of hydrogen-bond acceptors (Lipinski definition) is 2. The van der Waals surface area contributed by atoms with Crippen LogP contribution in [0.25, 0.3) is 0 Å². The first-order valence-electron chi connectivity index (χ1n) is 5.40. The summed E-state index contributed by atoms with van der Waals surface area (Å²) in [6.45, 7) is 4.13. The van der Waals surface area contributed by atoms with E-state index in [0.29, 0.717) is 5.11 Å². The maximum absolute atomic E-state index is 9.03. The van der Waals surface area contributed by atoms with Gasteiger partial charge in [0.25, 0.3) is 0 Å². The second-order valence-electron chi connectivity index (χ2n) is 3.75. The second-order valence-corrected chi connectivity index (χ2v) is 4.16. The fraction of sp³-hybridized carbons (Fsp3) is 0.417. The molecule has 3 N–H and O–H groups in total. The van der Waals surface area contributed by atoms with Crippen molar-refractivity contribution in [1.82, 2.24) is 5.32 Å². The minimum atomic E-state index is 0.0189. The third-order valence-corrected chi connectivity index (χ3v) is 2.58. The smallest absolute Gasteiger partial charge is 0.171 e. The number of aliphatic hydroxyl groups excluding tert-OH is 1. The van der Waals surface area contributed by atoms with Gasteiger partial charge in [0.2, 0.25) is 0 Å². The number of anilines is 1. The monoisotopic (exact) mass is 238 g/mol. The minimum absolute atomic E-state index is 0.0189. The Morgan fingerprint density at radius 1 is 1.38 bits per heavy atom. The molecule has 1 atom stereocenters. The van der Waals surface area contributed by atoms with E-state index in [1.807, 2.05) is 38.1 Å². The van der Waals surface area contributed by atoms with E-state index >= 15 is 0 Å². The summed E-state index contributed by atoms with van der Waals surface area (Å²) in [6, 6.07) is 8.01. The number of nitrogens with one attached hydrogen (secondary N) is 2. The van der Waals surface area contributed by atoms with Crippen molar-refractivity contribution in [2.75, 3.05) is 11.9 Å². The summed E-state index contributed by atoms with van der Waals surface area (Å²) < 4.78 is 0. The Kier molecular flexibility index (Phi) is 5.22. The van der Waals surface area contributed by atoms with Gasteiger partial charge in [0.1, 0.15) is 0 Å². The van der Waals surface area contributed by atoms with Gasteiger partial charge in [0, 0.05) is 5.69 Å². The maximum Gasteiger partial charge on any atom is 0.171 e. The fourth-order valence-corrected chi connectivity index (χ4v) is 1.55. The largest absolute Gasteiger partial charge is 0.394 e. The van der Waals surface area contributed by atoms with E-state index in [0.717, 1.165) is 12.1 Å². The average Bonchev–Trinajstić information content (AvgIpc) is 2.29. The molecule has 0 spiro atoms. The predicted molar refractivity (Wildman–Crippen MR) is 71.7 cm³/mol. The molecule has 0 aliphatic carbocycles. The molecular weight excluding hydrogens is 220 g/mol. The van der Waals surface area contributed by atoms with Crippen LogP contribution in [0.3, 0.4) is 0 Å². The topological polar surface area (TPSA) is 44.3 Å². The molecule has 0 fully saturated rings. The van der Waals surface area contributed by atoms with Crippen molar-refractivity contribution >= 4 is 23.0 Å². The van der Waals surface area contributed by atoms with Crippen LogP contribution in [-0.2, 0) is 0 Å². The van der Waals surface area contributed by atoms with Crippen molar-refractivity contribution in [3.05, 3.63) is 29.8 Å². The van der Waals surface area contributed by atoms with E-state index in [9.17, 15) is 0 Å². The lowest BCUT2D eigenvalue weighted by Gasteiger charge is -2.17. The van der Waals surface area contributed by atoms with Crippen molar-refractivity contribution in [2.24, 2.45) is 0 Å². The van der Waals surface area contributed by atoms with Gasteiger partial charge < -0.3 is 15.7 Å². The predicted octanol–water partition coefficient (Wildman–Crippen LogP) is 2.05. The standard InChI is InChI=1S/C12H18N2OS/c1-3-10(8-15)13-12(16)14-11-6-4-9(2)5-7-11/h4-7,10,15H,3,8H2,1-2H3,(H2,13,14,16)/t10-/m1/s1. The number of thiocarbonyl (C=S) groups is 1. The van der Waals surface area contributed by atoms with Crippen LogP contribution in [-0.4, -0.2) is 22.9 Å². The lowest BCUT2D eigenvalue weighted by molar-refractivity contribution is 0.253. The van der Waals surface area contributed by atoms with Gasteiger partial charge in [-0.1, -0.05) is 24.6 Å². The molecule has 0 amide bonds. The molecule has 1 rings (SSSR count). The van der Waals surface area contributed by atoms with E-state index in [1.165, 1.54) is 5.56 Å². The van der Waals surface area contributed by atoms with Crippen molar-refractivity contribution in [3.63, 3.8) is 0 Å². The van der Waals surface area contributed by atoms with Crippen molar-refractivity contribution in [1.29, 1.82) is 0 Å². The van der Waals surface area contributed by atoms with Crippen LogP contribution < -0.4 is 10.6 Å². The van der Waals surface area contributed by atoms with Gasteiger partial charge in [-0.25, -0.2) is 0 Å². The van der Waals surface area contributed by atoms with Gasteiger partial charge in [-0.15, -0.1) is 0 Å². The summed E-state index contributed by atoms with van der Waals surface area (Å²) >= 11 is 5.14. The first-order valence-corrected chi connectivity index (χ1v) is 5.81. The maximum atomic E-state index is 9.03. The van der Waals surface area contributed by atoms with Gasteiger partial charge in [-0.2, -0.15) is 0 Å². The first kappa shape index (κ1) is 12.9. The highest BCUT2D eigenvalue weighted by atomic mass is 32.1. The molecule has 1 aromatic carbocycles. The summed E-state index contributed by atoms with van der Waals surface area (Å²) in [5.41, 5.74) is 2.17. The molecule has 3 nitrogen and oxygen atoms in total. The first-order chi connectivity index (χ1) is 7.65. The van der Waals surface area contributed by atoms with Gasteiger partial charge in [-0.05, 0) is 37.7 Å². The minimum Gasteiger partial charge on any atom is -0.394 e. The highest BCUT2D eigenvalue weighted by Gasteiger charge is 2.05. The molecule has 0 radical (unpaired) electrons. The summed E-state index contributed by atoms with van der Waals surface area (Å²) in [5, 5.41) is 15.7. The van der Waals surface area contributed by atoms with Crippen LogP contribution >= 0.6 is 12.2 Å². The number of hydrogen-bond donors (Lipinski definition) is 3. The van der Waals surface area contributed by atoms with Gasteiger partial charge in [-0.3, -0.25) is 0 Å². The molecule has 0 unspecified atom stereocenters. The van der Waals surface area contributed by atoms with Gasteiger partial charge >= 0.3 is 0 Å². The molecule has 0 heterocycles. The summed E-state index contributed by atoms with van der Waals surface area (Å²) in [4.78, 5) is 0. The van der Waals surface area contributed by atoms with Crippen LogP contribution in [0.1, 0.15) is 18.9 Å². The van der Waals surface area contributed by atoms with Gasteiger partial charge in [0.05, 0.1) is 12.6 Å². The molecule has 0 saturated heterocycles. The van der Waals surface area contributed by atoms with Crippen molar-refractivity contribution in [2.45, 2.75) is 26.3 Å². The lowest BCUT2D eigenvalue weighted by Crippen LogP contribution is -2.39. The van der Waals surface area contributed by atoms with E-state index < -0.39 is 0 Å². The molecule has 0 aromatic heterocycles. The molecule has 0 aliphatic heterocycles. The molecule has 16 heavy (non-hydrogen) atoms. The molecular formula is C12H18N2OS. The lowest BCUT2D eigenvalue weighted by atomic mass is 10.2. The molecule has 88 valence electrons. The normalized spacial score (nSPS) is 11.9. The van der Waals surface area contributed by atoms with Crippen LogP contribution in [0, 0.1) is 6.92 Å². The number of benzene rings is 1. The fourth-order valence-electron chi connectivity index (χ4n) is 1.27. The quantitative estimate of drug-likeness (QED) is 0.703. The van der Waals surface area contributed by atoms with Crippen LogP contribution in [0.2, 0.25) is 0 Å². The third-order valence-electron chi connectivity index (χ3n) is 2.36. The van der Waals surface area contributed by atoms with Crippen LogP contribution in [0.4, 0.5) is 5.69 Å². The van der Waals surface area contributed by atoms with E-state index in [2.05, 4.69) is 10.6 Å². The third kappa shape index (κ3) is 4.16. The highest BCUT2D eigenvalue weighted by molar-refractivity contribution is 7.80. The Bertz CT molecular complexity index is 333. The van der Waals surface area contributed by atoms with Crippen molar-refractivity contribution in [3.8, 4) is 0 Å². The molecule has 0 saturated carbocycles. The zero-order chi connectivity index (χ0) is 12.0. The Balaban J connectivity index is 2.48. The zero-order valence-corrected chi connectivity index (χ0v) is 10.5. The molecule has 4 heteroatoms. The van der Waals surface area contributed by atoms with E-state index in [-0.39, 0.29) is 12.6 Å². The van der Waals surface area contributed by atoms with Gasteiger partial charge in [0.15, 0.2) is 5.11 Å². The van der Waals surface area contributed by atoms with E-state index in [4.69, 9.17) is 17.3 Å². The Morgan fingerprint density at radius 2 is 2.00 bits per heavy atom. The second kappa shape index (κ2) is 6.45. The van der Waals surface area contributed by atoms with Crippen LogP contribution in [0.15, 0.2) is 24.3 Å². The summed E-state index contributed by atoms with van der Waals surface area (Å²) in [5.74, 6) is 0. The number of rotatable bonds is 4. The Hall–Kier alpha value is -1.13. The highest BCUT2D eigenvalue weighted by Crippen LogP contribution is 2.08. The Morgan fingerprint density at radius 3 is 2.50 bits per heavy atom. The SMILES string of the molecule is CC[C@H](CO)NC(=S)Nc1ccc(C)cc1. The van der Waals surface area contributed by atoms with Crippen LogP contribution in [0.5, 0.6) is 0 Å². The summed E-state index contributed by atoms with van der Waals surface area (Å²) in [7, 11) is 0. The van der Waals surface area contributed by atoms with E-state index in [1.54, 1.807) is 0 Å².